The highest BCUT2D eigenvalue weighted by molar-refractivity contribution is 9.10. The Kier molecular flexibility index (Phi) is 4.90. The van der Waals surface area contributed by atoms with Crippen LogP contribution in [0.3, 0.4) is 0 Å². The Morgan fingerprint density at radius 3 is 2.13 bits per heavy atom. The molecule has 0 saturated heterocycles. The van der Waals surface area contributed by atoms with Crippen LogP contribution in [-0.2, 0) is 0 Å². The van der Waals surface area contributed by atoms with Gasteiger partial charge >= 0.3 is 12.0 Å². The van der Waals surface area contributed by atoms with Gasteiger partial charge in [0, 0.05) is 12.4 Å². The average molecular weight is 414 g/mol. The van der Waals surface area contributed by atoms with Crippen LogP contribution in [-0.4, -0.2) is 19.9 Å². The molecule has 2 heterocycles. The van der Waals surface area contributed by atoms with Gasteiger partial charge in [0.2, 0.25) is 0 Å². The van der Waals surface area contributed by atoms with E-state index in [0.717, 1.165) is 4.47 Å². The molecule has 0 spiro atoms. The van der Waals surface area contributed by atoms with Gasteiger partial charge in [0.05, 0.1) is 26.9 Å². The number of benzene rings is 1. The second-order valence-corrected chi connectivity index (χ2v) is 5.90. The molecule has 9 heteroatoms. The molecule has 3 rings (SSSR count). The number of rotatable bonds is 4. The maximum absolute atomic E-state index is 6.17. The van der Waals surface area contributed by atoms with Crippen LogP contribution in [0.1, 0.15) is 0 Å². The van der Waals surface area contributed by atoms with Gasteiger partial charge in [-0.25, -0.2) is 19.9 Å². The molecule has 3 aromatic rings. The molecule has 0 bridgehead atoms. The fourth-order valence-electron chi connectivity index (χ4n) is 1.56. The number of para-hydroxylation sites is 1. The number of nitrogens with zero attached hydrogens (tertiary/aromatic N) is 4. The lowest BCUT2D eigenvalue weighted by atomic mass is 10.3. The molecule has 0 aliphatic heterocycles. The summed E-state index contributed by atoms with van der Waals surface area (Å²) in [4.78, 5) is 16.0. The van der Waals surface area contributed by atoms with Crippen LogP contribution < -0.4 is 9.47 Å². The van der Waals surface area contributed by atoms with E-state index in [4.69, 9.17) is 32.7 Å². The van der Waals surface area contributed by atoms with Crippen molar-refractivity contribution in [3.05, 3.63) is 57.5 Å². The van der Waals surface area contributed by atoms with Crippen molar-refractivity contribution in [2.24, 2.45) is 0 Å². The summed E-state index contributed by atoms with van der Waals surface area (Å²) in [5, 5.41) is 0.742. The minimum atomic E-state index is 0.109. The quantitative estimate of drug-likeness (QED) is 0.604. The first kappa shape index (κ1) is 15.9. The van der Waals surface area contributed by atoms with Gasteiger partial charge in [-0.1, -0.05) is 29.3 Å². The Labute approximate surface area is 149 Å². The molecule has 0 aliphatic carbocycles. The van der Waals surface area contributed by atoms with Crippen molar-refractivity contribution in [3.63, 3.8) is 0 Å². The largest absolute Gasteiger partial charge is 0.420 e. The van der Waals surface area contributed by atoms with Crippen LogP contribution >= 0.6 is 39.1 Å². The first-order valence-corrected chi connectivity index (χ1v) is 7.76. The molecule has 0 amide bonds. The molecule has 2 aromatic heterocycles. The lowest BCUT2D eigenvalue weighted by molar-refractivity contribution is 0.384. The lowest BCUT2D eigenvalue weighted by Crippen LogP contribution is -1.96. The molecule has 0 atom stereocenters. The van der Waals surface area contributed by atoms with Gasteiger partial charge in [-0.15, -0.1) is 0 Å². The van der Waals surface area contributed by atoms with Crippen molar-refractivity contribution in [2.75, 3.05) is 0 Å². The van der Waals surface area contributed by atoms with Crippen molar-refractivity contribution in [3.8, 4) is 23.5 Å². The summed E-state index contributed by atoms with van der Waals surface area (Å²) in [6.07, 6.45) is 5.96. The monoisotopic (exact) mass is 412 g/mol. The van der Waals surface area contributed by atoms with E-state index in [0.29, 0.717) is 15.8 Å². The van der Waals surface area contributed by atoms with Crippen molar-refractivity contribution in [1.82, 2.24) is 19.9 Å². The van der Waals surface area contributed by atoms with E-state index in [1.165, 1.54) is 12.4 Å². The van der Waals surface area contributed by atoms with E-state index in [9.17, 15) is 0 Å². The van der Waals surface area contributed by atoms with E-state index >= 15 is 0 Å². The van der Waals surface area contributed by atoms with Crippen molar-refractivity contribution in [2.45, 2.75) is 0 Å². The summed E-state index contributed by atoms with van der Waals surface area (Å²) in [7, 11) is 0. The standard InChI is InChI=1S/C14H7BrCl2N4O2/c15-8-4-18-14(19-5-8)23-12-10(17)2-1-3-11(12)22-13-20-6-9(16)7-21-13/h1-7H. The zero-order chi connectivity index (χ0) is 16.2. The van der Waals surface area contributed by atoms with Gasteiger partial charge in [-0.3, -0.25) is 0 Å². The lowest BCUT2D eigenvalue weighted by Gasteiger charge is -2.11. The normalized spacial score (nSPS) is 10.4. The van der Waals surface area contributed by atoms with Crippen LogP contribution in [0.25, 0.3) is 0 Å². The highest BCUT2D eigenvalue weighted by atomic mass is 79.9. The predicted octanol–water partition coefficient (Wildman–Crippen LogP) is 4.92. The van der Waals surface area contributed by atoms with Crippen molar-refractivity contribution < 1.29 is 9.47 Å². The topological polar surface area (TPSA) is 70.0 Å². The van der Waals surface area contributed by atoms with Crippen molar-refractivity contribution in [1.29, 1.82) is 0 Å². The van der Waals surface area contributed by atoms with E-state index < -0.39 is 0 Å². The molecule has 23 heavy (non-hydrogen) atoms. The number of ether oxygens (including phenoxy) is 2. The van der Waals surface area contributed by atoms with Gasteiger partial charge in [-0.05, 0) is 28.1 Å². The maximum atomic E-state index is 6.17. The molecule has 1 aromatic carbocycles. The van der Waals surface area contributed by atoms with Crippen LogP contribution in [0.4, 0.5) is 0 Å². The Hall–Kier alpha value is -1.96. The summed E-state index contributed by atoms with van der Waals surface area (Å²) in [6, 6.07) is 5.27. The Morgan fingerprint density at radius 1 is 0.826 bits per heavy atom. The Balaban J connectivity index is 1.90. The number of aromatic nitrogens is 4. The third-order valence-electron chi connectivity index (χ3n) is 2.52. The van der Waals surface area contributed by atoms with Crippen LogP contribution in [0.2, 0.25) is 10.0 Å². The van der Waals surface area contributed by atoms with Gasteiger partial charge < -0.3 is 9.47 Å². The summed E-state index contributed by atoms with van der Waals surface area (Å²) in [5.74, 6) is 0.585. The third kappa shape index (κ3) is 4.07. The van der Waals surface area contributed by atoms with Crippen LogP contribution in [0.5, 0.6) is 23.5 Å². The second kappa shape index (κ2) is 7.08. The van der Waals surface area contributed by atoms with Gasteiger partial charge in [0.15, 0.2) is 11.5 Å². The second-order valence-electron chi connectivity index (χ2n) is 4.14. The molecule has 116 valence electrons. The average Bonchev–Trinajstić information content (AvgIpc) is 2.55. The number of hydrogen-bond acceptors (Lipinski definition) is 6. The molecule has 0 N–H and O–H groups in total. The van der Waals surface area contributed by atoms with Gasteiger partial charge in [0.1, 0.15) is 0 Å². The minimum Gasteiger partial charge on any atom is -0.420 e. The number of hydrogen-bond donors (Lipinski definition) is 0. The molecule has 6 nitrogen and oxygen atoms in total. The Morgan fingerprint density at radius 2 is 1.43 bits per heavy atom. The molecule has 0 radical (unpaired) electrons. The summed E-state index contributed by atoms with van der Waals surface area (Å²) in [5.41, 5.74) is 0. The summed E-state index contributed by atoms with van der Waals surface area (Å²) < 4.78 is 11.9. The predicted molar refractivity (Wildman–Crippen MR) is 88.4 cm³/mol. The molecule has 0 unspecified atom stereocenters. The first-order valence-electron chi connectivity index (χ1n) is 6.21. The SMILES string of the molecule is Clc1cnc(Oc2cccc(Cl)c2Oc2ncc(Br)cn2)nc1. The highest BCUT2D eigenvalue weighted by Gasteiger charge is 2.14. The molecular formula is C14H7BrCl2N4O2. The summed E-state index contributed by atoms with van der Waals surface area (Å²) in [6.45, 7) is 0. The Bertz CT molecular complexity index is 816. The maximum Gasteiger partial charge on any atom is 0.322 e. The van der Waals surface area contributed by atoms with E-state index in [2.05, 4.69) is 35.9 Å². The fraction of sp³-hybridized carbons (Fsp3) is 0. The van der Waals surface area contributed by atoms with Crippen LogP contribution in [0.15, 0.2) is 47.5 Å². The van der Waals surface area contributed by atoms with E-state index in [-0.39, 0.29) is 17.8 Å². The third-order valence-corrected chi connectivity index (χ3v) is 3.42. The molecule has 0 saturated carbocycles. The molecule has 0 aliphatic rings. The smallest absolute Gasteiger partial charge is 0.322 e. The van der Waals surface area contributed by atoms with E-state index in [1.54, 1.807) is 30.6 Å². The van der Waals surface area contributed by atoms with Gasteiger partial charge in [-0.2, -0.15) is 0 Å². The first-order chi connectivity index (χ1) is 11.1. The number of halogens is 3. The zero-order valence-electron chi connectivity index (χ0n) is 11.3. The molecule has 0 fully saturated rings. The van der Waals surface area contributed by atoms with Crippen molar-refractivity contribution >= 4 is 39.1 Å². The van der Waals surface area contributed by atoms with E-state index in [1.807, 2.05) is 0 Å². The minimum absolute atomic E-state index is 0.109. The summed E-state index contributed by atoms with van der Waals surface area (Å²) >= 11 is 15.2. The van der Waals surface area contributed by atoms with Gasteiger partial charge in [0.25, 0.3) is 0 Å². The highest BCUT2D eigenvalue weighted by Crippen LogP contribution is 2.38. The van der Waals surface area contributed by atoms with Crippen LogP contribution in [0, 0.1) is 0 Å². The molecular weight excluding hydrogens is 407 g/mol. The zero-order valence-corrected chi connectivity index (χ0v) is 14.4. The fourth-order valence-corrected chi connectivity index (χ4v) is 2.07.